The van der Waals surface area contributed by atoms with Gasteiger partial charge in [0.1, 0.15) is 11.6 Å². The first kappa shape index (κ1) is 16.4. The van der Waals surface area contributed by atoms with Gasteiger partial charge in [-0.2, -0.15) is 0 Å². The number of rotatable bonds is 5. The zero-order valence-corrected chi connectivity index (χ0v) is 13.8. The van der Waals surface area contributed by atoms with Crippen LogP contribution >= 0.6 is 27.5 Å². The van der Waals surface area contributed by atoms with Crippen molar-refractivity contribution in [3.05, 3.63) is 68.7 Å². The second kappa shape index (κ2) is 7.34. The first-order valence-electron chi connectivity index (χ1n) is 6.64. The summed E-state index contributed by atoms with van der Waals surface area (Å²) >= 11 is 9.20. The fraction of sp³-hybridized carbons (Fsp3) is 0.250. The van der Waals surface area contributed by atoms with E-state index in [1.54, 1.807) is 18.2 Å². The van der Waals surface area contributed by atoms with Crippen molar-refractivity contribution < 1.29 is 8.78 Å². The van der Waals surface area contributed by atoms with Gasteiger partial charge >= 0.3 is 0 Å². The molecule has 2 aromatic rings. The van der Waals surface area contributed by atoms with Gasteiger partial charge in [0.05, 0.1) is 4.47 Å². The molecule has 0 aliphatic carbocycles. The van der Waals surface area contributed by atoms with Gasteiger partial charge in [0.25, 0.3) is 0 Å². The Morgan fingerprint density at radius 3 is 2.57 bits per heavy atom. The van der Waals surface area contributed by atoms with Crippen molar-refractivity contribution in [2.75, 3.05) is 6.54 Å². The second-order valence-corrected chi connectivity index (χ2v) is 5.95. The van der Waals surface area contributed by atoms with Crippen LogP contribution in [0.2, 0.25) is 5.02 Å². The molecule has 0 spiro atoms. The molecule has 1 N–H and O–H groups in total. The monoisotopic (exact) mass is 373 g/mol. The average Bonchev–Trinajstić information content (AvgIpc) is 2.45. The third-order valence-corrected chi connectivity index (χ3v) is 4.26. The molecule has 21 heavy (non-hydrogen) atoms. The van der Waals surface area contributed by atoms with E-state index < -0.39 is 0 Å². The van der Waals surface area contributed by atoms with Gasteiger partial charge in [-0.05, 0) is 58.7 Å². The van der Waals surface area contributed by atoms with Gasteiger partial charge in [0.15, 0.2) is 0 Å². The number of likely N-dealkylation sites (N-methyl/N-ethyl adjacent to an activating group) is 1. The van der Waals surface area contributed by atoms with Crippen molar-refractivity contribution in [1.29, 1.82) is 0 Å². The van der Waals surface area contributed by atoms with Crippen LogP contribution in [-0.4, -0.2) is 6.54 Å². The Kier molecular flexibility index (Phi) is 5.73. The van der Waals surface area contributed by atoms with Gasteiger partial charge in [-0.1, -0.05) is 30.7 Å². The Hall–Kier alpha value is -0.970. The standard InChI is InChI=1S/C16H15BrClF2N/c1-2-21-16(10-6-7-12(17)15(20)8-10)9-11-13(18)4-3-5-14(11)19/h3-8,16,21H,2,9H2,1H3. The predicted molar refractivity (Wildman–Crippen MR) is 85.6 cm³/mol. The summed E-state index contributed by atoms with van der Waals surface area (Å²) in [6.45, 7) is 2.64. The van der Waals surface area contributed by atoms with Crippen molar-refractivity contribution in [3.8, 4) is 0 Å². The van der Waals surface area contributed by atoms with Crippen molar-refractivity contribution in [2.24, 2.45) is 0 Å². The third-order valence-electron chi connectivity index (χ3n) is 3.27. The van der Waals surface area contributed by atoms with Gasteiger partial charge in [0.2, 0.25) is 0 Å². The van der Waals surface area contributed by atoms with E-state index in [1.807, 2.05) is 13.0 Å². The molecule has 1 nitrogen and oxygen atoms in total. The molecular formula is C16H15BrClF2N. The molecule has 0 saturated heterocycles. The first-order chi connectivity index (χ1) is 10.0. The molecular weight excluding hydrogens is 360 g/mol. The Balaban J connectivity index is 2.33. The molecule has 1 atom stereocenters. The molecule has 112 valence electrons. The molecule has 2 aromatic carbocycles. The molecule has 1 unspecified atom stereocenters. The number of hydrogen-bond donors (Lipinski definition) is 1. The van der Waals surface area contributed by atoms with E-state index in [0.717, 1.165) is 5.56 Å². The van der Waals surface area contributed by atoms with Crippen LogP contribution in [0.5, 0.6) is 0 Å². The maximum atomic E-state index is 13.9. The summed E-state index contributed by atoms with van der Waals surface area (Å²) in [7, 11) is 0. The maximum Gasteiger partial charge on any atom is 0.137 e. The van der Waals surface area contributed by atoms with Crippen LogP contribution in [0.4, 0.5) is 8.78 Å². The van der Waals surface area contributed by atoms with Crippen LogP contribution in [-0.2, 0) is 6.42 Å². The minimum Gasteiger partial charge on any atom is -0.310 e. The summed E-state index contributed by atoms with van der Waals surface area (Å²) in [5.74, 6) is -0.682. The van der Waals surface area contributed by atoms with Crippen molar-refractivity contribution in [3.63, 3.8) is 0 Å². The Bertz CT molecular complexity index is 613. The fourth-order valence-electron chi connectivity index (χ4n) is 2.21. The Labute approximate surface area is 136 Å². The molecule has 0 aliphatic heterocycles. The van der Waals surface area contributed by atoms with Gasteiger partial charge in [-0.15, -0.1) is 0 Å². The van der Waals surface area contributed by atoms with Crippen LogP contribution in [0.3, 0.4) is 0 Å². The summed E-state index contributed by atoms with van der Waals surface area (Å²) in [5, 5.41) is 3.63. The van der Waals surface area contributed by atoms with Crippen LogP contribution < -0.4 is 5.32 Å². The molecule has 0 amide bonds. The summed E-state index contributed by atoms with van der Waals surface area (Å²) < 4.78 is 28.0. The summed E-state index contributed by atoms with van der Waals surface area (Å²) in [6.07, 6.45) is 0.362. The number of nitrogens with one attached hydrogen (secondary N) is 1. The van der Waals surface area contributed by atoms with Gasteiger partial charge < -0.3 is 5.32 Å². The van der Waals surface area contributed by atoms with Crippen molar-refractivity contribution in [2.45, 2.75) is 19.4 Å². The summed E-state index contributed by atoms with van der Waals surface area (Å²) in [6, 6.07) is 9.33. The second-order valence-electron chi connectivity index (χ2n) is 4.69. The largest absolute Gasteiger partial charge is 0.310 e. The molecule has 0 radical (unpaired) electrons. The van der Waals surface area contributed by atoms with Gasteiger partial charge in [0, 0.05) is 16.6 Å². The number of benzene rings is 2. The summed E-state index contributed by atoms with van der Waals surface area (Å²) in [5.41, 5.74) is 1.20. The smallest absolute Gasteiger partial charge is 0.137 e. The third kappa shape index (κ3) is 4.02. The molecule has 0 fully saturated rings. The zero-order chi connectivity index (χ0) is 15.4. The summed E-state index contributed by atoms with van der Waals surface area (Å²) in [4.78, 5) is 0. The lowest BCUT2D eigenvalue weighted by Crippen LogP contribution is -2.23. The Morgan fingerprint density at radius 2 is 1.95 bits per heavy atom. The predicted octanol–water partition coefficient (Wildman–Crippen LogP) is 5.27. The van der Waals surface area contributed by atoms with E-state index >= 15 is 0 Å². The normalized spacial score (nSPS) is 12.4. The lowest BCUT2D eigenvalue weighted by molar-refractivity contribution is 0.523. The van der Waals surface area contributed by atoms with E-state index in [4.69, 9.17) is 11.6 Å². The molecule has 0 aliphatic rings. The fourth-order valence-corrected chi connectivity index (χ4v) is 2.70. The maximum absolute atomic E-state index is 13.9. The van der Waals surface area contributed by atoms with Crippen LogP contribution in [0.1, 0.15) is 24.1 Å². The van der Waals surface area contributed by atoms with E-state index in [0.29, 0.717) is 28.0 Å². The topological polar surface area (TPSA) is 12.0 Å². The minimum absolute atomic E-state index is 0.202. The van der Waals surface area contributed by atoms with Crippen LogP contribution in [0, 0.1) is 11.6 Å². The van der Waals surface area contributed by atoms with E-state index in [9.17, 15) is 8.78 Å². The highest BCUT2D eigenvalue weighted by Gasteiger charge is 2.17. The Morgan fingerprint density at radius 1 is 1.19 bits per heavy atom. The first-order valence-corrected chi connectivity index (χ1v) is 7.81. The van der Waals surface area contributed by atoms with Gasteiger partial charge in [-0.25, -0.2) is 8.78 Å². The lowest BCUT2D eigenvalue weighted by Gasteiger charge is -2.20. The SMILES string of the molecule is CCNC(Cc1c(F)cccc1Cl)c1ccc(Br)c(F)c1. The highest BCUT2D eigenvalue weighted by molar-refractivity contribution is 9.10. The quantitative estimate of drug-likeness (QED) is 0.751. The molecule has 0 aromatic heterocycles. The van der Waals surface area contributed by atoms with Crippen molar-refractivity contribution >= 4 is 27.5 Å². The molecule has 2 rings (SSSR count). The highest BCUT2D eigenvalue weighted by atomic mass is 79.9. The zero-order valence-electron chi connectivity index (χ0n) is 11.5. The number of halogens is 4. The van der Waals surface area contributed by atoms with E-state index in [2.05, 4.69) is 21.2 Å². The molecule has 0 saturated carbocycles. The highest BCUT2D eigenvalue weighted by Crippen LogP contribution is 2.27. The van der Waals surface area contributed by atoms with Gasteiger partial charge in [-0.3, -0.25) is 0 Å². The van der Waals surface area contributed by atoms with Crippen molar-refractivity contribution in [1.82, 2.24) is 5.32 Å². The minimum atomic E-state index is -0.344. The molecule has 0 bridgehead atoms. The molecule has 0 heterocycles. The van der Waals surface area contributed by atoms with Crippen LogP contribution in [0.25, 0.3) is 0 Å². The van der Waals surface area contributed by atoms with Crippen LogP contribution in [0.15, 0.2) is 40.9 Å². The van der Waals surface area contributed by atoms with E-state index in [-0.39, 0.29) is 17.7 Å². The van der Waals surface area contributed by atoms with E-state index in [1.165, 1.54) is 12.1 Å². The lowest BCUT2D eigenvalue weighted by atomic mass is 9.98. The number of hydrogen-bond acceptors (Lipinski definition) is 1. The molecule has 5 heteroatoms. The average molecular weight is 375 g/mol.